The molecule has 116 valence electrons. The molecule has 6 nitrogen and oxygen atoms in total. The lowest BCUT2D eigenvalue weighted by molar-refractivity contribution is -0.145. The highest BCUT2D eigenvalue weighted by Gasteiger charge is 2.38. The van der Waals surface area contributed by atoms with Crippen molar-refractivity contribution in [1.29, 1.82) is 0 Å². The minimum absolute atomic E-state index is 0.0848. The number of esters is 1. The molecule has 1 atom stereocenters. The normalized spacial score (nSPS) is 18.1. The minimum Gasteiger partial charge on any atom is -0.467 e. The first-order chi connectivity index (χ1) is 9.15. The number of nitrogens with one attached hydrogen (secondary N) is 1. The van der Waals surface area contributed by atoms with Gasteiger partial charge in [-0.15, -0.1) is 0 Å². The maximum atomic E-state index is 11.7. The summed E-state index contributed by atoms with van der Waals surface area (Å²) in [5, 5.41) is 2.47. The second-order valence-corrected chi connectivity index (χ2v) is 6.55. The average Bonchev–Trinajstić information content (AvgIpc) is 3.02. The fourth-order valence-corrected chi connectivity index (χ4v) is 1.54. The van der Waals surface area contributed by atoms with Gasteiger partial charge in [0.2, 0.25) is 0 Å². The number of amides is 1. The Kier molecular flexibility index (Phi) is 5.39. The number of hydrogen-bond donors (Lipinski definition) is 1. The molecule has 1 amide bonds. The van der Waals surface area contributed by atoms with Gasteiger partial charge in [-0.3, -0.25) is 0 Å². The summed E-state index contributed by atoms with van der Waals surface area (Å²) in [6.45, 7) is 8.05. The lowest BCUT2D eigenvalue weighted by Gasteiger charge is -2.22. The second kappa shape index (κ2) is 6.43. The van der Waals surface area contributed by atoms with E-state index in [2.05, 4.69) is 17.0 Å². The lowest BCUT2D eigenvalue weighted by atomic mass is 10.2. The van der Waals surface area contributed by atoms with Gasteiger partial charge in [0.05, 0.1) is 20.3 Å². The summed E-state index contributed by atoms with van der Waals surface area (Å²) < 4.78 is 15.3. The van der Waals surface area contributed by atoms with Gasteiger partial charge in [0.1, 0.15) is 5.60 Å². The Balaban J connectivity index is 2.42. The Morgan fingerprint density at radius 1 is 1.30 bits per heavy atom. The predicted octanol–water partition coefficient (Wildman–Crippen LogP) is 1.87. The van der Waals surface area contributed by atoms with E-state index in [0.717, 1.165) is 12.8 Å². The molecule has 0 aliphatic heterocycles. The number of rotatable bonds is 6. The van der Waals surface area contributed by atoms with E-state index in [1.165, 1.54) is 7.11 Å². The molecular weight excluding hydrogens is 262 g/mol. The van der Waals surface area contributed by atoms with Gasteiger partial charge in [0, 0.05) is 0 Å². The number of methoxy groups -OCH3 is 1. The molecule has 1 aliphatic carbocycles. The first-order valence-electron chi connectivity index (χ1n) is 6.80. The molecule has 0 aromatic carbocycles. The summed E-state index contributed by atoms with van der Waals surface area (Å²) in [5.41, 5.74) is -0.389. The van der Waals surface area contributed by atoms with Gasteiger partial charge in [-0.1, -0.05) is 6.92 Å². The van der Waals surface area contributed by atoms with Crippen molar-refractivity contribution in [3.63, 3.8) is 0 Å². The standard InChI is InChI=1S/C14H25NO5/c1-13(2,3)20-12(17)15-10(11(16)18-5)8-19-9-14(4)6-7-14/h10H,6-9H2,1-5H3,(H,15,17). The quantitative estimate of drug-likeness (QED) is 0.755. The maximum absolute atomic E-state index is 11.7. The van der Waals surface area contributed by atoms with E-state index in [9.17, 15) is 9.59 Å². The van der Waals surface area contributed by atoms with Gasteiger partial charge in [-0.05, 0) is 39.0 Å². The van der Waals surface area contributed by atoms with Crippen LogP contribution in [0.25, 0.3) is 0 Å². The summed E-state index contributed by atoms with van der Waals surface area (Å²) in [7, 11) is 1.27. The fourth-order valence-electron chi connectivity index (χ4n) is 1.54. The summed E-state index contributed by atoms with van der Waals surface area (Å²) in [6, 6.07) is -0.850. The van der Waals surface area contributed by atoms with Crippen molar-refractivity contribution in [2.45, 2.75) is 52.2 Å². The summed E-state index contributed by atoms with van der Waals surface area (Å²) in [6.07, 6.45) is 1.61. The van der Waals surface area contributed by atoms with Gasteiger partial charge < -0.3 is 19.5 Å². The van der Waals surface area contributed by atoms with Crippen molar-refractivity contribution in [1.82, 2.24) is 5.32 Å². The minimum atomic E-state index is -0.850. The van der Waals surface area contributed by atoms with Gasteiger partial charge in [-0.2, -0.15) is 0 Å². The number of alkyl carbamates (subject to hydrolysis) is 1. The number of carbonyl (C=O) groups is 2. The highest BCUT2D eigenvalue weighted by molar-refractivity contribution is 5.81. The van der Waals surface area contributed by atoms with Crippen molar-refractivity contribution >= 4 is 12.1 Å². The van der Waals surface area contributed by atoms with Crippen LogP contribution in [0.4, 0.5) is 4.79 Å². The van der Waals surface area contributed by atoms with Crippen LogP contribution in [-0.4, -0.2) is 44.0 Å². The Hall–Kier alpha value is -1.30. The molecule has 1 N–H and O–H groups in total. The van der Waals surface area contributed by atoms with Gasteiger partial charge >= 0.3 is 12.1 Å². The van der Waals surface area contributed by atoms with Gasteiger partial charge in [0.15, 0.2) is 6.04 Å². The number of hydrogen-bond acceptors (Lipinski definition) is 5. The average molecular weight is 287 g/mol. The third-order valence-corrected chi connectivity index (χ3v) is 3.02. The van der Waals surface area contributed by atoms with Crippen LogP contribution in [0.3, 0.4) is 0 Å². The van der Waals surface area contributed by atoms with Crippen LogP contribution in [0, 0.1) is 5.41 Å². The van der Waals surface area contributed by atoms with Crippen LogP contribution < -0.4 is 5.32 Å². The number of ether oxygens (including phenoxy) is 3. The van der Waals surface area contributed by atoms with Crippen LogP contribution in [0.5, 0.6) is 0 Å². The molecule has 1 fully saturated rings. The maximum Gasteiger partial charge on any atom is 0.408 e. The molecule has 0 heterocycles. The molecule has 6 heteroatoms. The Bertz CT molecular complexity index is 357. The summed E-state index contributed by atoms with van der Waals surface area (Å²) >= 11 is 0. The van der Waals surface area contributed by atoms with Crippen molar-refractivity contribution in [3.05, 3.63) is 0 Å². The summed E-state index contributed by atoms with van der Waals surface area (Å²) in [5.74, 6) is -0.545. The molecule has 0 aromatic heterocycles. The van der Waals surface area contributed by atoms with Crippen molar-refractivity contribution < 1.29 is 23.8 Å². The molecule has 1 rings (SSSR count). The lowest BCUT2D eigenvalue weighted by Crippen LogP contribution is -2.46. The first kappa shape index (κ1) is 16.8. The number of carbonyl (C=O) groups excluding carboxylic acids is 2. The fraction of sp³-hybridized carbons (Fsp3) is 0.857. The van der Waals surface area contributed by atoms with Crippen molar-refractivity contribution in [2.24, 2.45) is 5.41 Å². The largest absolute Gasteiger partial charge is 0.467 e. The zero-order chi connectivity index (χ0) is 15.4. The molecule has 0 aromatic rings. The van der Waals surface area contributed by atoms with E-state index in [0.29, 0.717) is 6.61 Å². The monoisotopic (exact) mass is 287 g/mol. The molecule has 1 aliphatic rings. The van der Waals surface area contributed by atoms with Crippen LogP contribution in [0.2, 0.25) is 0 Å². The van der Waals surface area contributed by atoms with E-state index in [-0.39, 0.29) is 12.0 Å². The molecule has 0 saturated heterocycles. The third-order valence-electron chi connectivity index (χ3n) is 3.02. The molecular formula is C14H25NO5. The van der Waals surface area contributed by atoms with Crippen LogP contribution >= 0.6 is 0 Å². The Morgan fingerprint density at radius 3 is 2.35 bits per heavy atom. The Labute approximate surface area is 120 Å². The second-order valence-electron chi connectivity index (χ2n) is 6.55. The zero-order valence-corrected chi connectivity index (χ0v) is 12.9. The SMILES string of the molecule is COC(=O)C(COCC1(C)CC1)NC(=O)OC(C)(C)C. The molecule has 1 saturated carbocycles. The smallest absolute Gasteiger partial charge is 0.408 e. The molecule has 1 unspecified atom stereocenters. The van der Waals surface area contributed by atoms with Gasteiger partial charge in [0.25, 0.3) is 0 Å². The van der Waals surface area contributed by atoms with E-state index in [4.69, 9.17) is 9.47 Å². The molecule has 0 radical (unpaired) electrons. The van der Waals surface area contributed by atoms with E-state index >= 15 is 0 Å². The first-order valence-corrected chi connectivity index (χ1v) is 6.80. The molecule has 0 bridgehead atoms. The molecule has 0 spiro atoms. The van der Waals surface area contributed by atoms with Crippen molar-refractivity contribution in [3.8, 4) is 0 Å². The Morgan fingerprint density at radius 2 is 1.90 bits per heavy atom. The van der Waals surface area contributed by atoms with Crippen LogP contribution in [0.15, 0.2) is 0 Å². The van der Waals surface area contributed by atoms with E-state index in [1.54, 1.807) is 20.8 Å². The zero-order valence-electron chi connectivity index (χ0n) is 12.9. The predicted molar refractivity (Wildman–Crippen MR) is 73.3 cm³/mol. The highest BCUT2D eigenvalue weighted by atomic mass is 16.6. The topological polar surface area (TPSA) is 73.9 Å². The third kappa shape index (κ3) is 6.23. The van der Waals surface area contributed by atoms with E-state index < -0.39 is 23.7 Å². The van der Waals surface area contributed by atoms with E-state index in [1.807, 2.05) is 0 Å². The van der Waals surface area contributed by atoms with Crippen molar-refractivity contribution in [2.75, 3.05) is 20.3 Å². The van der Waals surface area contributed by atoms with Crippen LogP contribution in [-0.2, 0) is 19.0 Å². The highest BCUT2D eigenvalue weighted by Crippen LogP contribution is 2.44. The van der Waals surface area contributed by atoms with Crippen LogP contribution in [0.1, 0.15) is 40.5 Å². The van der Waals surface area contributed by atoms with Gasteiger partial charge in [-0.25, -0.2) is 9.59 Å². The summed E-state index contributed by atoms with van der Waals surface area (Å²) in [4.78, 5) is 23.3. The molecule has 20 heavy (non-hydrogen) atoms.